The second-order valence-corrected chi connectivity index (χ2v) is 5.63. The Kier molecular flexibility index (Phi) is 4.74. The summed E-state index contributed by atoms with van der Waals surface area (Å²) in [4.78, 5) is 0. The molecule has 2 aromatic rings. The molecule has 0 aromatic heterocycles. The van der Waals surface area contributed by atoms with Gasteiger partial charge in [-0.2, -0.15) is 0 Å². The topological polar surface area (TPSA) is 29.5 Å². The van der Waals surface area contributed by atoms with Gasteiger partial charge in [0.1, 0.15) is 11.9 Å². The molecule has 5 heteroatoms. The second-order valence-electron chi connectivity index (χ2n) is 3.96. The number of hydrogen-bond acceptors (Lipinski definition) is 2. The fraction of sp³-hybridized carbons (Fsp3) is 0.143. The molecule has 0 aliphatic carbocycles. The lowest BCUT2D eigenvalue weighted by Crippen LogP contribution is -2.01. The van der Waals surface area contributed by atoms with E-state index in [0.29, 0.717) is 26.9 Å². The number of halogens is 3. The fourth-order valence-corrected chi connectivity index (χ4v) is 2.49. The highest BCUT2D eigenvalue weighted by molar-refractivity contribution is 9.10. The normalized spacial score (nSPS) is 12.3. The van der Waals surface area contributed by atoms with Crippen LogP contribution in [0.5, 0.6) is 5.75 Å². The van der Waals surface area contributed by atoms with E-state index in [9.17, 15) is 5.11 Å². The van der Waals surface area contributed by atoms with Crippen LogP contribution in [0.25, 0.3) is 0 Å². The average Bonchev–Trinajstić information content (AvgIpc) is 2.41. The molecular formula is C14H11BrCl2O2. The Morgan fingerprint density at radius 2 is 1.84 bits per heavy atom. The number of aliphatic hydroxyl groups is 1. The zero-order valence-corrected chi connectivity index (χ0v) is 13.1. The molecule has 0 radical (unpaired) electrons. The molecule has 2 nitrogen and oxygen atoms in total. The lowest BCUT2D eigenvalue weighted by atomic mass is 10.0. The summed E-state index contributed by atoms with van der Waals surface area (Å²) in [6.07, 6.45) is -0.806. The third-order valence-corrected chi connectivity index (χ3v) is 4.22. The third-order valence-electron chi connectivity index (χ3n) is 2.76. The highest BCUT2D eigenvalue weighted by atomic mass is 79.9. The van der Waals surface area contributed by atoms with Gasteiger partial charge in [0.2, 0.25) is 0 Å². The summed E-state index contributed by atoms with van der Waals surface area (Å²) in [5.74, 6) is 0.678. The van der Waals surface area contributed by atoms with Crippen molar-refractivity contribution in [3.05, 3.63) is 62.0 Å². The van der Waals surface area contributed by atoms with Crippen LogP contribution in [-0.4, -0.2) is 12.2 Å². The SMILES string of the molecule is COc1ccc(Br)c(C(O)c2ccc(Cl)c(Cl)c2)c1. The first kappa shape index (κ1) is 14.7. The smallest absolute Gasteiger partial charge is 0.119 e. The van der Waals surface area contributed by atoms with Gasteiger partial charge in [0.15, 0.2) is 0 Å². The quantitative estimate of drug-likeness (QED) is 0.846. The standard InChI is InChI=1S/C14H11BrCl2O2/c1-19-9-3-4-11(15)10(7-9)14(18)8-2-5-12(16)13(17)6-8/h2-7,14,18H,1H3. The van der Waals surface area contributed by atoms with Gasteiger partial charge in [0.05, 0.1) is 17.2 Å². The molecule has 1 unspecified atom stereocenters. The molecule has 2 rings (SSSR count). The Morgan fingerprint density at radius 1 is 1.11 bits per heavy atom. The van der Waals surface area contributed by atoms with E-state index in [2.05, 4.69) is 15.9 Å². The van der Waals surface area contributed by atoms with Gasteiger partial charge >= 0.3 is 0 Å². The molecule has 0 saturated carbocycles. The molecule has 19 heavy (non-hydrogen) atoms. The molecule has 100 valence electrons. The minimum Gasteiger partial charge on any atom is -0.497 e. The Balaban J connectivity index is 2.42. The van der Waals surface area contributed by atoms with Crippen molar-refractivity contribution in [1.82, 2.24) is 0 Å². The molecule has 0 saturated heterocycles. The van der Waals surface area contributed by atoms with Gasteiger partial charge in [-0.3, -0.25) is 0 Å². The Morgan fingerprint density at radius 3 is 2.47 bits per heavy atom. The molecule has 0 aliphatic heterocycles. The number of rotatable bonds is 3. The first-order valence-electron chi connectivity index (χ1n) is 5.49. The maximum Gasteiger partial charge on any atom is 0.119 e. The largest absolute Gasteiger partial charge is 0.497 e. The summed E-state index contributed by atoms with van der Waals surface area (Å²) in [5, 5.41) is 11.3. The van der Waals surface area contributed by atoms with Crippen molar-refractivity contribution in [2.45, 2.75) is 6.10 Å². The number of methoxy groups -OCH3 is 1. The van der Waals surface area contributed by atoms with Gasteiger partial charge in [-0.25, -0.2) is 0 Å². The van der Waals surface area contributed by atoms with Crippen LogP contribution in [0, 0.1) is 0 Å². The number of aliphatic hydroxyl groups excluding tert-OH is 1. The van der Waals surface area contributed by atoms with Crippen LogP contribution < -0.4 is 4.74 Å². The van der Waals surface area contributed by atoms with Crippen molar-refractivity contribution in [3.8, 4) is 5.75 Å². The van der Waals surface area contributed by atoms with Crippen molar-refractivity contribution in [2.24, 2.45) is 0 Å². The molecule has 0 bridgehead atoms. The van der Waals surface area contributed by atoms with Crippen molar-refractivity contribution < 1.29 is 9.84 Å². The van der Waals surface area contributed by atoms with Crippen molar-refractivity contribution in [3.63, 3.8) is 0 Å². The zero-order valence-electron chi connectivity index (χ0n) is 10.0. The first-order valence-corrected chi connectivity index (χ1v) is 7.04. The predicted molar refractivity (Wildman–Crippen MR) is 81.2 cm³/mol. The van der Waals surface area contributed by atoms with Gasteiger partial charge in [-0.05, 0) is 35.9 Å². The minimum atomic E-state index is -0.806. The summed E-state index contributed by atoms with van der Waals surface area (Å²) in [7, 11) is 1.58. The van der Waals surface area contributed by atoms with E-state index in [1.54, 1.807) is 31.4 Å². The van der Waals surface area contributed by atoms with Crippen LogP contribution in [0.1, 0.15) is 17.2 Å². The molecule has 0 amide bonds. The van der Waals surface area contributed by atoms with E-state index in [4.69, 9.17) is 27.9 Å². The summed E-state index contributed by atoms with van der Waals surface area (Å²) >= 11 is 15.2. The fourth-order valence-electron chi connectivity index (χ4n) is 1.72. The maximum absolute atomic E-state index is 10.4. The first-order chi connectivity index (χ1) is 9.02. The second kappa shape index (κ2) is 6.14. The van der Waals surface area contributed by atoms with Crippen LogP contribution in [0.4, 0.5) is 0 Å². The molecule has 0 spiro atoms. The summed E-state index contributed by atoms with van der Waals surface area (Å²) in [6.45, 7) is 0. The molecule has 0 aliphatic rings. The summed E-state index contributed by atoms with van der Waals surface area (Å²) < 4.78 is 5.96. The van der Waals surface area contributed by atoms with Crippen molar-refractivity contribution >= 4 is 39.1 Å². The summed E-state index contributed by atoms with van der Waals surface area (Å²) in [5.41, 5.74) is 1.38. The van der Waals surface area contributed by atoms with E-state index >= 15 is 0 Å². The lowest BCUT2D eigenvalue weighted by Gasteiger charge is -2.15. The van der Waals surface area contributed by atoms with Crippen molar-refractivity contribution in [1.29, 1.82) is 0 Å². The highest BCUT2D eigenvalue weighted by Crippen LogP contribution is 2.33. The molecule has 1 N–H and O–H groups in total. The van der Waals surface area contributed by atoms with Crippen LogP contribution >= 0.6 is 39.1 Å². The summed E-state index contributed by atoms with van der Waals surface area (Å²) in [6, 6.07) is 10.5. The van der Waals surface area contributed by atoms with Gasteiger partial charge in [0, 0.05) is 10.0 Å². The predicted octanol–water partition coefficient (Wildman–Crippen LogP) is 4.85. The van der Waals surface area contributed by atoms with Crippen LogP contribution in [0.2, 0.25) is 10.0 Å². The van der Waals surface area contributed by atoms with Gasteiger partial charge in [-0.15, -0.1) is 0 Å². The maximum atomic E-state index is 10.4. The Labute approximate surface area is 130 Å². The highest BCUT2D eigenvalue weighted by Gasteiger charge is 2.15. The van der Waals surface area contributed by atoms with E-state index in [-0.39, 0.29) is 0 Å². The van der Waals surface area contributed by atoms with Crippen LogP contribution in [0.15, 0.2) is 40.9 Å². The molecule has 0 heterocycles. The van der Waals surface area contributed by atoms with E-state index < -0.39 is 6.10 Å². The molecule has 2 aromatic carbocycles. The zero-order chi connectivity index (χ0) is 14.0. The monoisotopic (exact) mass is 360 g/mol. The molecule has 0 fully saturated rings. The van der Waals surface area contributed by atoms with Crippen LogP contribution in [0.3, 0.4) is 0 Å². The molecule has 1 atom stereocenters. The van der Waals surface area contributed by atoms with Gasteiger partial charge in [0.25, 0.3) is 0 Å². The minimum absolute atomic E-state index is 0.414. The van der Waals surface area contributed by atoms with E-state index in [0.717, 1.165) is 4.47 Å². The number of benzene rings is 2. The van der Waals surface area contributed by atoms with E-state index in [1.807, 2.05) is 12.1 Å². The third kappa shape index (κ3) is 3.23. The Hall–Kier alpha value is -0.740. The van der Waals surface area contributed by atoms with Crippen molar-refractivity contribution in [2.75, 3.05) is 7.11 Å². The number of hydrogen-bond donors (Lipinski definition) is 1. The van der Waals surface area contributed by atoms with E-state index in [1.165, 1.54) is 0 Å². The van der Waals surface area contributed by atoms with Gasteiger partial charge in [-0.1, -0.05) is 45.2 Å². The Bertz CT molecular complexity index is 602. The lowest BCUT2D eigenvalue weighted by molar-refractivity contribution is 0.219. The average molecular weight is 362 g/mol. The molecular weight excluding hydrogens is 351 g/mol. The van der Waals surface area contributed by atoms with Crippen LogP contribution in [-0.2, 0) is 0 Å². The number of ether oxygens (including phenoxy) is 1. The van der Waals surface area contributed by atoms with Gasteiger partial charge < -0.3 is 9.84 Å².